The summed E-state index contributed by atoms with van der Waals surface area (Å²) < 4.78 is 5.33. The van der Waals surface area contributed by atoms with Crippen LogP contribution in [0, 0.1) is 0 Å². The third-order valence-corrected chi connectivity index (χ3v) is 5.50. The Kier molecular flexibility index (Phi) is 6.70. The second kappa shape index (κ2) is 9.20. The van der Waals surface area contributed by atoms with Gasteiger partial charge in [-0.2, -0.15) is 0 Å². The van der Waals surface area contributed by atoms with Gasteiger partial charge in [0, 0.05) is 31.2 Å². The van der Waals surface area contributed by atoms with E-state index in [2.05, 4.69) is 15.1 Å². The van der Waals surface area contributed by atoms with E-state index in [0.717, 1.165) is 30.4 Å². The molecule has 1 N–H and O–H groups in total. The second-order valence-corrected chi connectivity index (χ2v) is 7.19. The van der Waals surface area contributed by atoms with Gasteiger partial charge in [0.2, 0.25) is 5.91 Å². The van der Waals surface area contributed by atoms with Gasteiger partial charge in [0.05, 0.1) is 13.7 Å². The molecule has 3 rings (SSSR count). The first-order valence-electron chi connectivity index (χ1n) is 9.61. The molecule has 0 atom stereocenters. The molecule has 5 heteroatoms. The van der Waals surface area contributed by atoms with Gasteiger partial charge in [-0.3, -0.25) is 9.69 Å². The minimum Gasteiger partial charge on any atom is -0.496 e. The highest BCUT2D eigenvalue weighted by atomic mass is 16.5. The van der Waals surface area contributed by atoms with Crippen LogP contribution in [-0.2, 0) is 11.3 Å². The molecule has 1 aromatic rings. The fourth-order valence-electron chi connectivity index (χ4n) is 4.03. The highest BCUT2D eigenvalue weighted by molar-refractivity contribution is 5.78. The molecule has 0 unspecified atom stereocenters. The van der Waals surface area contributed by atoms with Crippen LogP contribution in [0.3, 0.4) is 0 Å². The van der Waals surface area contributed by atoms with Crippen molar-refractivity contribution in [2.75, 3.05) is 39.8 Å². The van der Waals surface area contributed by atoms with Crippen LogP contribution in [0.1, 0.15) is 37.7 Å². The zero-order chi connectivity index (χ0) is 17.5. The summed E-state index contributed by atoms with van der Waals surface area (Å²) in [5.41, 5.74) is 1.02. The normalized spacial score (nSPS) is 20.4. The number of nitrogens with zero attached hydrogens (tertiary/aromatic N) is 2. The number of hydrogen-bond acceptors (Lipinski definition) is 4. The van der Waals surface area contributed by atoms with Gasteiger partial charge >= 0.3 is 0 Å². The van der Waals surface area contributed by atoms with E-state index in [0.29, 0.717) is 13.1 Å². The number of ether oxygens (including phenoxy) is 1. The number of para-hydroxylation sites is 1. The van der Waals surface area contributed by atoms with E-state index in [-0.39, 0.29) is 5.91 Å². The molecule has 2 fully saturated rings. The van der Waals surface area contributed by atoms with Gasteiger partial charge in [-0.25, -0.2) is 0 Å². The van der Waals surface area contributed by atoms with Crippen molar-refractivity contribution in [2.24, 2.45) is 0 Å². The summed E-state index contributed by atoms with van der Waals surface area (Å²) in [6.07, 6.45) is 6.48. The number of nitrogens with one attached hydrogen (secondary N) is 1. The highest BCUT2D eigenvalue weighted by Gasteiger charge is 2.26. The van der Waals surface area contributed by atoms with Crippen molar-refractivity contribution in [1.29, 1.82) is 0 Å². The monoisotopic (exact) mass is 345 g/mol. The van der Waals surface area contributed by atoms with Gasteiger partial charge in [0.1, 0.15) is 5.75 Å². The molecule has 1 amide bonds. The van der Waals surface area contributed by atoms with Crippen LogP contribution in [0.2, 0.25) is 0 Å². The molecule has 2 heterocycles. The Balaban J connectivity index is 1.39. The Hall–Kier alpha value is -1.59. The first-order valence-corrected chi connectivity index (χ1v) is 9.61. The van der Waals surface area contributed by atoms with Crippen molar-refractivity contribution in [3.05, 3.63) is 29.8 Å². The van der Waals surface area contributed by atoms with Crippen LogP contribution in [0.4, 0.5) is 0 Å². The molecule has 5 nitrogen and oxygen atoms in total. The number of amides is 1. The fourth-order valence-corrected chi connectivity index (χ4v) is 4.03. The van der Waals surface area contributed by atoms with Crippen molar-refractivity contribution in [2.45, 2.75) is 44.7 Å². The Morgan fingerprint density at radius 1 is 1.12 bits per heavy atom. The lowest BCUT2D eigenvalue weighted by atomic mass is 10.00. The topological polar surface area (TPSA) is 44.8 Å². The summed E-state index contributed by atoms with van der Waals surface area (Å²) in [4.78, 5) is 17.2. The maximum atomic E-state index is 12.3. The smallest absolute Gasteiger partial charge is 0.234 e. The van der Waals surface area contributed by atoms with Crippen LogP contribution < -0.4 is 10.1 Å². The Morgan fingerprint density at radius 2 is 1.84 bits per heavy atom. The van der Waals surface area contributed by atoms with Crippen LogP contribution >= 0.6 is 0 Å². The first kappa shape index (κ1) is 18.2. The first-order chi connectivity index (χ1) is 12.3. The third kappa shape index (κ3) is 5.19. The van der Waals surface area contributed by atoms with Crippen LogP contribution in [0.15, 0.2) is 24.3 Å². The summed E-state index contributed by atoms with van der Waals surface area (Å²) in [5, 5.41) is 3.02. The number of piperidine rings is 2. The van der Waals surface area contributed by atoms with Gasteiger partial charge in [-0.15, -0.1) is 0 Å². The molecule has 2 saturated heterocycles. The molecular formula is C20H31N3O2. The zero-order valence-electron chi connectivity index (χ0n) is 15.4. The molecule has 0 aromatic heterocycles. The zero-order valence-corrected chi connectivity index (χ0v) is 15.4. The number of rotatable bonds is 6. The largest absolute Gasteiger partial charge is 0.496 e. The molecule has 2 aliphatic heterocycles. The predicted octanol–water partition coefficient (Wildman–Crippen LogP) is 2.26. The van der Waals surface area contributed by atoms with Crippen molar-refractivity contribution in [3.8, 4) is 5.75 Å². The third-order valence-electron chi connectivity index (χ3n) is 5.50. The van der Waals surface area contributed by atoms with Gasteiger partial charge in [0.15, 0.2) is 0 Å². The maximum absolute atomic E-state index is 12.3. The average molecular weight is 345 g/mol. The number of hydrogen-bond donors (Lipinski definition) is 1. The second-order valence-electron chi connectivity index (χ2n) is 7.19. The molecule has 138 valence electrons. The average Bonchev–Trinajstić information content (AvgIpc) is 2.68. The lowest BCUT2D eigenvalue weighted by molar-refractivity contribution is -0.122. The van der Waals surface area contributed by atoms with E-state index in [1.54, 1.807) is 7.11 Å². The summed E-state index contributed by atoms with van der Waals surface area (Å²) in [7, 11) is 1.66. The molecule has 0 radical (unpaired) electrons. The molecule has 2 aliphatic rings. The van der Waals surface area contributed by atoms with Gasteiger partial charge < -0.3 is 15.0 Å². The van der Waals surface area contributed by atoms with Gasteiger partial charge in [-0.1, -0.05) is 24.6 Å². The van der Waals surface area contributed by atoms with Gasteiger partial charge in [-0.05, 0) is 44.8 Å². The minimum absolute atomic E-state index is 0.0994. The van der Waals surface area contributed by atoms with E-state index in [1.165, 1.54) is 45.2 Å². The van der Waals surface area contributed by atoms with Gasteiger partial charge in [0.25, 0.3) is 0 Å². The molecule has 25 heavy (non-hydrogen) atoms. The van der Waals surface area contributed by atoms with Crippen molar-refractivity contribution in [1.82, 2.24) is 15.1 Å². The standard InChI is InChI=1S/C20H31N3O2/c1-25-19-8-4-3-7-17(19)15-21-20(24)16-22-13-9-18(10-14-22)23-11-5-2-6-12-23/h3-4,7-8,18H,2,5-6,9-16H2,1H3,(H,21,24). The number of benzene rings is 1. The van der Waals surface area contributed by atoms with E-state index in [4.69, 9.17) is 4.74 Å². The van der Waals surface area contributed by atoms with Crippen LogP contribution in [0.25, 0.3) is 0 Å². The molecule has 0 spiro atoms. The molecule has 0 bridgehead atoms. The SMILES string of the molecule is COc1ccccc1CNC(=O)CN1CCC(N2CCCCC2)CC1. The number of likely N-dealkylation sites (tertiary alicyclic amines) is 2. The van der Waals surface area contributed by atoms with E-state index in [9.17, 15) is 4.79 Å². The molecule has 0 aliphatic carbocycles. The van der Waals surface area contributed by atoms with Crippen molar-refractivity contribution >= 4 is 5.91 Å². The number of carbonyl (C=O) groups excluding carboxylic acids is 1. The highest BCUT2D eigenvalue weighted by Crippen LogP contribution is 2.21. The summed E-state index contributed by atoms with van der Waals surface area (Å²) in [6.45, 7) is 5.62. The maximum Gasteiger partial charge on any atom is 0.234 e. The minimum atomic E-state index is 0.0994. The van der Waals surface area contributed by atoms with Crippen molar-refractivity contribution < 1.29 is 9.53 Å². The Labute approximate surface area is 151 Å². The Morgan fingerprint density at radius 3 is 2.56 bits per heavy atom. The molecular weight excluding hydrogens is 314 g/mol. The summed E-state index contributed by atoms with van der Waals surface area (Å²) >= 11 is 0. The summed E-state index contributed by atoms with van der Waals surface area (Å²) in [6, 6.07) is 8.55. The predicted molar refractivity (Wildman–Crippen MR) is 99.7 cm³/mol. The van der Waals surface area contributed by atoms with Crippen LogP contribution in [0.5, 0.6) is 5.75 Å². The molecule has 1 aromatic carbocycles. The van der Waals surface area contributed by atoms with Crippen molar-refractivity contribution in [3.63, 3.8) is 0 Å². The number of carbonyl (C=O) groups is 1. The summed E-state index contributed by atoms with van der Waals surface area (Å²) in [5.74, 6) is 0.924. The van der Waals surface area contributed by atoms with E-state index in [1.807, 2.05) is 24.3 Å². The molecule has 0 saturated carbocycles. The lowest BCUT2D eigenvalue weighted by Gasteiger charge is -2.40. The fraction of sp³-hybridized carbons (Fsp3) is 0.650. The number of methoxy groups -OCH3 is 1. The Bertz CT molecular complexity index is 550. The van der Waals surface area contributed by atoms with Crippen LogP contribution in [-0.4, -0.2) is 61.6 Å². The van der Waals surface area contributed by atoms with E-state index >= 15 is 0 Å². The quantitative estimate of drug-likeness (QED) is 0.859. The van der Waals surface area contributed by atoms with E-state index < -0.39 is 0 Å². The lowest BCUT2D eigenvalue weighted by Crippen LogP contribution is -2.48.